The number of benzene rings is 2. The summed E-state index contributed by atoms with van der Waals surface area (Å²) in [7, 11) is 0. The summed E-state index contributed by atoms with van der Waals surface area (Å²) < 4.78 is 62.3. The molecule has 2 aromatic carbocycles. The molecule has 0 aliphatic carbocycles. The van der Waals surface area contributed by atoms with Gasteiger partial charge in [0.15, 0.2) is 5.82 Å². The summed E-state index contributed by atoms with van der Waals surface area (Å²) in [6.07, 6.45) is -4.00. The second-order valence-corrected chi connectivity index (χ2v) is 8.30. The molecule has 2 aliphatic heterocycles. The molecule has 33 heavy (non-hydrogen) atoms. The Morgan fingerprint density at radius 1 is 1.27 bits per heavy atom. The molecule has 2 heterocycles. The average Bonchev–Trinajstić information content (AvgIpc) is 3.43. The normalized spacial score (nSPS) is 19.4. The van der Waals surface area contributed by atoms with E-state index < -0.39 is 39.6 Å². The van der Waals surface area contributed by atoms with E-state index in [1.54, 1.807) is 12.1 Å². The highest BCUT2D eigenvalue weighted by Crippen LogP contribution is 2.50. The maximum Gasteiger partial charge on any atom is 0.435 e. The van der Waals surface area contributed by atoms with Crippen LogP contribution in [0.25, 0.3) is 0 Å². The maximum absolute atomic E-state index is 14.3. The van der Waals surface area contributed by atoms with Gasteiger partial charge < -0.3 is 14.9 Å². The SMILES string of the molecule is C=CC(=O)NCc1ccc(C2=NO[C@@](c3cc(Cl)c(F)c(Cl)c3)(C(F)(F)F)C2)c2c1OCC2. The third-order valence-corrected chi connectivity index (χ3v) is 6.08. The van der Waals surface area contributed by atoms with Crippen molar-refractivity contribution in [1.29, 1.82) is 0 Å². The first kappa shape index (κ1) is 23.4. The second-order valence-electron chi connectivity index (χ2n) is 7.49. The molecule has 2 aromatic rings. The lowest BCUT2D eigenvalue weighted by atomic mass is 9.85. The van der Waals surface area contributed by atoms with Gasteiger partial charge in [-0.15, -0.1) is 0 Å². The Kier molecular flexibility index (Phi) is 6.05. The smallest absolute Gasteiger partial charge is 0.435 e. The van der Waals surface area contributed by atoms with Crippen LogP contribution in [0.2, 0.25) is 10.0 Å². The molecule has 1 N–H and O–H groups in total. The Morgan fingerprint density at radius 2 is 1.97 bits per heavy atom. The van der Waals surface area contributed by atoms with Crippen molar-refractivity contribution in [2.75, 3.05) is 6.61 Å². The Hall–Kier alpha value is -2.78. The van der Waals surface area contributed by atoms with Crippen molar-refractivity contribution in [2.24, 2.45) is 5.16 Å². The average molecular weight is 503 g/mol. The van der Waals surface area contributed by atoms with Crippen molar-refractivity contribution in [3.8, 4) is 5.75 Å². The molecule has 0 spiro atoms. The highest BCUT2D eigenvalue weighted by molar-refractivity contribution is 6.35. The predicted molar refractivity (Wildman–Crippen MR) is 114 cm³/mol. The zero-order valence-corrected chi connectivity index (χ0v) is 18.4. The van der Waals surface area contributed by atoms with Gasteiger partial charge in [-0.1, -0.05) is 47.1 Å². The first-order valence-electron chi connectivity index (χ1n) is 9.72. The third-order valence-electron chi connectivity index (χ3n) is 5.53. The largest absolute Gasteiger partial charge is 0.493 e. The number of carbonyl (C=O) groups excluding carboxylic acids is 1. The number of hydrogen-bond acceptors (Lipinski definition) is 4. The highest BCUT2D eigenvalue weighted by atomic mass is 35.5. The number of hydrogen-bond donors (Lipinski definition) is 1. The molecule has 5 nitrogen and oxygen atoms in total. The Bertz CT molecular complexity index is 1160. The van der Waals surface area contributed by atoms with E-state index >= 15 is 0 Å². The number of amides is 1. The van der Waals surface area contributed by atoms with E-state index in [1.165, 1.54) is 0 Å². The summed E-state index contributed by atoms with van der Waals surface area (Å²) >= 11 is 11.5. The van der Waals surface area contributed by atoms with Gasteiger partial charge in [0.2, 0.25) is 5.91 Å². The van der Waals surface area contributed by atoms with Gasteiger partial charge in [-0.2, -0.15) is 13.2 Å². The summed E-state index contributed by atoms with van der Waals surface area (Å²) in [6.45, 7) is 3.88. The number of halogens is 6. The van der Waals surface area contributed by atoms with Gasteiger partial charge >= 0.3 is 6.18 Å². The molecule has 1 amide bonds. The summed E-state index contributed by atoms with van der Waals surface area (Å²) in [5, 5.41) is 5.28. The van der Waals surface area contributed by atoms with Crippen LogP contribution in [-0.2, 0) is 28.2 Å². The molecule has 4 rings (SSSR count). The summed E-state index contributed by atoms with van der Waals surface area (Å²) in [5.41, 5.74) is -1.52. The molecule has 0 saturated heterocycles. The zero-order valence-electron chi connectivity index (χ0n) is 16.9. The Morgan fingerprint density at radius 3 is 2.61 bits per heavy atom. The number of nitrogens with one attached hydrogen (secondary N) is 1. The first-order chi connectivity index (χ1) is 15.6. The fraction of sp³-hybridized carbons (Fsp3) is 0.273. The molecule has 0 aromatic heterocycles. The lowest BCUT2D eigenvalue weighted by Crippen LogP contribution is -2.42. The third kappa shape index (κ3) is 4.04. The number of rotatable bonds is 5. The lowest BCUT2D eigenvalue weighted by molar-refractivity contribution is -0.275. The summed E-state index contributed by atoms with van der Waals surface area (Å²) in [4.78, 5) is 16.5. The van der Waals surface area contributed by atoms with E-state index in [-0.39, 0.29) is 18.2 Å². The number of oxime groups is 1. The molecule has 1 atom stereocenters. The Labute approximate surface area is 195 Å². The van der Waals surface area contributed by atoms with Gasteiger partial charge in [0.05, 0.1) is 22.4 Å². The topological polar surface area (TPSA) is 59.9 Å². The van der Waals surface area contributed by atoms with E-state index in [9.17, 15) is 22.4 Å². The van der Waals surface area contributed by atoms with Crippen molar-refractivity contribution in [3.63, 3.8) is 0 Å². The molecule has 174 valence electrons. The van der Waals surface area contributed by atoms with Crippen LogP contribution in [-0.4, -0.2) is 24.4 Å². The quantitative estimate of drug-likeness (QED) is 0.336. The van der Waals surface area contributed by atoms with Crippen LogP contribution >= 0.6 is 23.2 Å². The molecule has 11 heteroatoms. The van der Waals surface area contributed by atoms with E-state index in [0.29, 0.717) is 35.5 Å². The van der Waals surface area contributed by atoms with Crippen molar-refractivity contribution >= 4 is 34.8 Å². The fourth-order valence-corrected chi connectivity index (χ4v) is 4.35. The monoisotopic (exact) mass is 502 g/mol. The molecule has 0 radical (unpaired) electrons. The van der Waals surface area contributed by atoms with Gasteiger partial charge in [0, 0.05) is 41.6 Å². The van der Waals surface area contributed by atoms with Crippen LogP contribution in [0.3, 0.4) is 0 Å². The maximum atomic E-state index is 14.3. The lowest BCUT2D eigenvalue weighted by Gasteiger charge is -2.29. The molecule has 2 aliphatic rings. The number of nitrogens with zero attached hydrogens (tertiary/aromatic N) is 1. The molecule has 0 bridgehead atoms. The van der Waals surface area contributed by atoms with Crippen LogP contribution in [0.4, 0.5) is 17.6 Å². The van der Waals surface area contributed by atoms with Crippen LogP contribution in [0.1, 0.15) is 28.7 Å². The molecular formula is C22H16Cl2F4N2O3. The van der Waals surface area contributed by atoms with Crippen LogP contribution in [0, 0.1) is 5.82 Å². The number of carbonyl (C=O) groups is 1. The van der Waals surface area contributed by atoms with Crippen molar-refractivity contribution < 1.29 is 31.9 Å². The van der Waals surface area contributed by atoms with E-state index in [2.05, 4.69) is 17.1 Å². The summed E-state index contributed by atoms with van der Waals surface area (Å²) in [5.74, 6) is -0.907. The van der Waals surface area contributed by atoms with Crippen LogP contribution in [0.5, 0.6) is 5.75 Å². The van der Waals surface area contributed by atoms with Crippen molar-refractivity contribution in [1.82, 2.24) is 5.32 Å². The van der Waals surface area contributed by atoms with Crippen LogP contribution < -0.4 is 10.1 Å². The van der Waals surface area contributed by atoms with Gasteiger partial charge in [-0.25, -0.2) is 4.39 Å². The van der Waals surface area contributed by atoms with Crippen LogP contribution in [0.15, 0.2) is 42.1 Å². The standard InChI is InChI=1S/C22H16Cl2F4N2O3/c1-2-18(31)29-10-11-3-4-13(14-5-6-32-20(11)14)17-9-21(33-30-17,22(26,27)28)12-7-15(23)19(25)16(24)8-12/h2-4,7-8H,1,5-6,9-10H2,(H,29,31)/t21-/m0/s1. The van der Waals surface area contributed by atoms with E-state index in [4.69, 9.17) is 32.8 Å². The zero-order chi connectivity index (χ0) is 24.0. The highest BCUT2D eigenvalue weighted by Gasteiger charge is 2.62. The van der Waals surface area contributed by atoms with E-state index in [1.807, 2.05) is 0 Å². The van der Waals surface area contributed by atoms with Gasteiger partial charge in [0.25, 0.3) is 5.60 Å². The number of ether oxygens (including phenoxy) is 1. The van der Waals surface area contributed by atoms with Gasteiger partial charge in [0.1, 0.15) is 5.75 Å². The first-order valence-corrected chi connectivity index (χ1v) is 10.5. The molecule has 0 saturated carbocycles. The van der Waals surface area contributed by atoms with Gasteiger partial charge in [-0.3, -0.25) is 4.79 Å². The minimum absolute atomic E-state index is 0.0484. The van der Waals surface area contributed by atoms with Gasteiger partial charge in [-0.05, 0) is 18.2 Å². The van der Waals surface area contributed by atoms with E-state index in [0.717, 1.165) is 18.2 Å². The van der Waals surface area contributed by atoms with Crippen molar-refractivity contribution in [3.05, 3.63) is 75.0 Å². The number of alkyl halides is 3. The second kappa shape index (κ2) is 8.53. The summed E-state index contributed by atoms with van der Waals surface area (Å²) in [6, 6.07) is 4.94. The predicted octanol–water partition coefficient (Wildman–Crippen LogP) is 5.45. The van der Waals surface area contributed by atoms with Crippen molar-refractivity contribution in [2.45, 2.75) is 31.2 Å². The Balaban J connectivity index is 1.70. The molecular weight excluding hydrogens is 487 g/mol. The minimum atomic E-state index is -4.91. The molecule has 0 unspecified atom stereocenters. The minimum Gasteiger partial charge on any atom is -0.493 e. The molecule has 0 fully saturated rings. The number of fused-ring (bicyclic) bond motifs is 1. The fourth-order valence-electron chi connectivity index (χ4n) is 3.86.